The summed E-state index contributed by atoms with van der Waals surface area (Å²) in [7, 11) is -4.00. The standard InChI is InChI=1S/C19H15F3N6O3S.H2S/c1-11(17-25-10-26-28(17)16-4-3-12(8-23)9-24-16)27-18(29)13-5-14(19(20,21)22)7-15(6-13)32(2,30)31;/h3-7,9-11H,1-2H3,(H,27,29);1H2/t11-;/m1./s1. The van der Waals surface area contributed by atoms with Crippen LogP contribution in [-0.2, 0) is 16.0 Å². The molecular weight excluding hydrogens is 481 g/mol. The molecule has 0 spiro atoms. The first kappa shape index (κ1) is 25.8. The van der Waals surface area contributed by atoms with E-state index in [0.717, 1.165) is 12.3 Å². The van der Waals surface area contributed by atoms with E-state index in [-0.39, 0.29) is 19.3 Å². The third-order valence-corrected chi connectivity index (χ3v) is 5.42. The van der Waals surface area contributed by atoms with Crippen LogP contribution >= 0.6 is 13.5 Å². The summed E-state index contributed by atoms with van der Waals surface area (Å²) in [5.74, 6) is -0.419. The SMILES string of the molecule is C[C@@H](NC(=O)c1cc(C(F)(F)F)cc(S(C)(=O)=O)c1)c1ncnn1-c1ccc(C#N)cn1.S. The molecule has 1 atom stereocenters. The Kier molecular flexibility index (Phi) is 7.50. The zero-order chi connectivity index (χ0) is 23.7. The summed E-state index contributed by atoms with van der Waals surface area (Å²) < 4.78 is 64.5. The van der Waals surface area contributed by atoms with Crippen molar-refractivity contribution in [3.63, 3.8) is 0 Å². The highest BCUT2D eigenvalue weighted by Crippen LogP contribution is 2.32. The van der Waals surface area contributed by atoms with Crippen LogP contribution in [0.25, 0.3) is 5.82 Å². The van der Waals surface area contributed by atoms with E-state index in [1.165, 1.54) is 36.3 Å². The predicted molar refractivity (Wildman–Crippen MR) is 115 cm³/mol. The number of aromatic nitrogens is 4. The van der Waals surface area contributed by atoms with E-state index < -0.39 is 44.0 Å². The molecule has 0 unspecified atom stereocenters. The third-order valence-electron chi connectivity index (χ3n) is 4.33. The Morgan fingerprint density at radius 3 is 2.45 bits per heavy atom. The van der Waals surface area contributed by atoms with Gasteiger partial charge < -0.3 is 5.32 Å². The molecular formula is C19H17F3N6O3S2. The number of alkyl halides is 3. The molecule has 1 amide bonds. The normalized spacial score (nSPS) is 12.4. The van der Waals surface area contributed by atoms with Crippen molar-refractivity contribution in [1.29, 1.82) is 5.26 Å². The Morgan fingerprint density at radius 2 is 1.91 bits per heavy atom. The van der Waals surface area contributed by atoms with Crippen LogP contribution in [0.1, 0.15) is 40.3 Å². The van der Waals surface area contributed by atoms with Gasteiger partial charge in [-0.3, -0.25) is 4.79 Å². The van der Waals surface area contributed by atoms with Crippen LogP contribution in [0.4, 0.5) is 13.2 Å². The van der Waals surface area contributed by atoms with Crippen LogP contribution in [0.15, 0.2) is 47.8 Å². The summed E-state index contributed by atoms with van der Waals surface area (Å²) >= 11 is 0. The van der Waals surface area contributed by atoms with Crippen molar-refractivity contribution in [3.8, 4) is 11.9 Å². The zero-order valence-corrected chi connectivity index (χ0v) is 18.9. The van der Waals surface area contributed by atoms with Crippen LogP contribution in [0, 0.1) is 11.3 Å². The number of carbonyl (C=O) groups excluding carboxylic acids is 1. The minimum absolute atomic E-state index is 0. The molecule has 14 heteroatoms. The molecule has 2 heterocycles. The molecule has 0 radical (unpaired) electrons. The summed E-state index contributed by atoms with van der Waals surface area (Å²) in [5, 5.41) is 15.4. The van der Waals surface area contributed by atoms with Crippen molar-refractivity contribution in [2.45, 2.75) is 24.0 Å². The van der Waals surface area contributed by atoms with Crippen molar-refractivity contribution in [2.75, 3.05) is 6.26 Å². The van der Waals surface area contributed by atoms with Crippen molar-refractivity contribution >= 4 is 29.2 Å². The van der Waals surface area contributed by atoms with Gasteiger partial charge in [0.05, 0.1) is 22.1 Å². The molecule has 0 fully saturated rings. The molecule has 9 nitrogen and oxygen atoms in total. The summed E-state index contributed by atoms with van der Waals surface area (Å²) in [5.41, 5.74) is -1.42. The second-order valence-corrected chi connectivity index (χ2v) is 8.77. The molecule has 33 heavy (non-hydrogen) atoms. The topological polar surface area (TPSA) is 131 Å². The maximum absolute atomic E-state index is 13.2. The number of halogens is 3. The second kappa shape index (κ2) is 9.59. The molecule has 0 saturated carbocycles. The molecule has 2 aromatic heterocycles. The van der Waals surface area contributed by atoms with E-state index in [2.05, 4.69) is 20.4 Å². The number of nitriles is 1. The largest absolute Gasteiger partial charge is 0.416 e. The summed E-state index contributed by atoms with van der Waals surface area (Å²) in [6, 6.07) is 6.03. The van der Waals surface area contributed by atoms with Crippen LogP contribution in [0.3, 0.4) is 0 Å². The number of rotatable bonds is 5. The van der Waals surface area contributed by atoms with Crippen molar-refractivity contribution in [1.82, 2.24) is 25.1 Å². The molecule has 0 saturated heterocycles. The number of sulfone groups is 1. The minimum atomic E-state index is -4.84. The van der Waals surface area contributed by atoms with Crippen LogP contribution in [0.2, 0.25) is 0 Å². The molecule has 3 rings (SSSR count). The lowest BCUT2D eigenvalue weighted by atomic mass is 10.1. The first-order chi connectivity index (χ1) is 14.9. The van der Waals surface area contributed by atoms with Crippen molar-refractivity contribution < 1.29 is 26.4 Å². The van der Waals surface area contributed by atoms with E-state index in [9.17, 15) is 26.4 Å². The van der Waals surface area contributed by atoms with Gasteiger partial charge in [-0.1, -0.05) is 0 Å². The molecule has 0 aliphatic heterocycles. The summed E-state index contributed by atoms with van der Waals surface area (Å²) in [6.07, 6.45) is -1.58. The van der Waals surface area contributed by atoms with Crippen molar-refractivity contribution in [3.05, 3.63) is 65.4 Å². The average molecular weight is 499 g/mol. The third kappa shape index (κ3) is 5.88. The maximum Gasteiger partial charge on any atom is 0.416 e. The number of benzene rings is 1. The van der Waals surface area contributed by atoms with Crippen molar-refractivity contribution in [2.24, 2.45) is 0 Å². The van der Waals surface area contributed by atoms with E-state index >= 15 is 0 Å². The average Bonchev–Trinajstić information content (AvgIpc) is 3.22. The Hall–Kier alpha value is -3.44. The Morgan fingerprint density at radius 1 is 1.21 bits per heavy atom. The van der Waals surface area contributed by atoms with Crippen LogP contribution < -0.4 is 5.32 Å². The highest BCUT2D eigenvalue weighted by Gasteiger charge is 2.33. The number of hydrogen-bond acceptors (Lipinski definition) is 7. The van der Waals surface area contributed by atoms with Gasteiger partial charge in [0.25, 0.3) is 5.91 Å². The van der Waals surface area contributed by atoms with Gasteiger partial charge >= 0.3 is 6.18 Å². The first-order valence-corrected chi connectivity index (χ1v) is 10.8. The van der Waals surface area contributed by atoms with Gasteiger partial charge in [-0.15, -0.1) is 0 Å². The lowest BCUT2D eigenvalue weighted by Crippen LogP contribution is -2.29. The Balaban J connectivity index is 0.00000385. The second-order valence-electron chi connectivity index (χ2n) is 6.76. The highest BCUT2D eigenvalue weighted by molar-refractivity contribution is 7.90. The molecule has 0 aliphatic rings. The van der Waals surface area contributed by atoms with E-state index in [1.54, 1.807) is 0 Å². The van der Waals surface area contributed by atoms with Gasteiger partial charge in [-0.2, -0.15) is 41.7 Å². The number of nitrogens with one attached hydrogen (secondary N) is 1. The van der Waals surface area contributed by atoms with Gasteiger partial charge in [0.1, 0.15) is 12.4 Å². The highest BCUT2D eigenvalue weighted by atomic mass is 32.2. The van der Waals surface area contributed by atoms with Gasteiger partial charge in [0.2, 0.25) is 0 Å². The number of pyridine rings is 1. The van der Waals surface area contributed by atoms with Gasteiger partial charge in [-0.05, 0) is 37.3 Å². The lowest BCUT2D eigenvalue weighted by Gasteiger charge is -2.16. The quantitative estimate of drug-likeness (QED) is 0.572. The number of nitrogens with zero attached hydrogens (tertiary/aromatic N) is 5. The molecule has 3 aromatic rings. The molecule has 0 aliphatic carbocycles. The van der Waals surface area contributed by atoms with Gasteiger partial charge in [-0.25, -0.2) is 18.4 Å². The fraction of sp³-hybridized carbons (Fsp3) is 0.211. The van der Waals surface area contributed by atoms with Crippen LogP contribution in [-0.4, -0.2) is 40.3 Å². The summed E-state index contributed by atoms with van der Waals surface area (Å²) in [6.45, 7) is 1.52. The molecule has 174 valence electrons. The maximum atomic E-state index is 13.2. The molecule has 1 N–H and O–H groups in total. The molecule has 1 aromatic carbocycles. The van der Waals surface area contributed by atoms with E-state index in [0.29, 0.717) is 23.5 Å². The monoisotopic (exact) mass is 498 g/mol. The fourth-order valence-electron chi connectivity index (χ4n) is 2.75. The lowest BCUT2D eigenvalue weighted by molar-refractivity contribution is -0.137. The number of carbonyl (C=O) groups is 1. The Labute approximate surface area is 193 Å². The number of amides is 1. The summed E-state index contributed by atoms with van der Waals surface area (Å²) in [4.78, 5) is 20.2. The van der Waals surface area contributed by atoms with Gasteiger partial charge in [0.15, 0.2) is 21.5 Å². The van der Waals surface area contributed by atoms with E-state index in [1.807, 2.05) is 6.07 Å². The first-order valence-electron chi connectivity index (χ1n) is 8.90. The fourth-order valence-corrected chi connectivity index (χ4v) is 3.43. The Bertz CT molecular complexity index is 1320. The number of hydrogen-bond donors (Lipinski definition) is 1. The van der Waals surface area contributed by atoms with E-state index in [4.69, 9.17) is 5.26 Å². The van der Waals surface area contributed by atoms with Crippen LogP contribution in [0.5, 0.6) is 0 Å². The smallest absolute Gasteiger partial charge is 0.342 e. The zero-order valence-electron chi connectivity index (χ0n) is 17.1. The minimum Gasteiger partial charge on any atom is -0.342 e. The van der Waals surface area contributed by atoms with Gasteiger partial charge in [0, 0.05) is 18.0 Å². The molecule has 0 bridgehead atoms. The predicted octanol–water partition coefficient (Wildman–Crippen LogP) is 2.56.